The monoisotopic (exact) mass is 340 g/mol. The van der Waals surface area contributed by atoms with Crippen molar-refractivity contribution in [1.29, 1.82) is 0 Å². The van der Waals surface area contributed by atoms with Gasteiger partial charge in [-0.25, -0.2) is 8.78 Å². The van der Waals surface area contributed by atoms with Crippen LogP contribution in [-0.4, -0.2) is 12.9 Å². The zero-order valence-corrected chi connectivity index (χ0v) is 12.2. The second-order valence-electron chi connectivity index (χ2n) is 4.19. The molecular formula is C15H11BrF2O2. The fourth-order valence-electron chi connectivity index (χ4n) is 1.78. The number of hydrogen-bond donors (Lipinski definition) is 0. The number of Topliss-reactive ketones (excluding diaryl/α,β-unsaturated/α-hetero) is 1. The second kappa shape index (κ2) is 6.13. The van der Waals surface area contributed by atoms with Crippen LogP contribution in [0.15, 0.2) is 40.9 Å². The molecule has 0 amide bonds. The number of halogens is 3. The van der Waals surface area contributed by atoms with E-state index in [4.69, 9.17) is 4.74 Å². The Morgan fingerprint density at radius 1 is 1.15 bits per heavy atom. The molecule has 2 nitrogen and oxygen atoms in total. The van der Waals surface area contributed by atoms with Gasteiger partial charge in [0.05, 0.1) is 7.11 Å². The third kappa shape index (κ3) is 3.22. The Kier molecular flexibility index (Phi) is 4.49. The molecule has 104 valence electrons. The normalized spacial score (nSPS) is 10.4. The van der Waals surface area contributed by atoms with Crippen LogP contribution < -0.4 is 4.74 Å². The largest absolute Gasteiger partial charge is 0.494 e. The van der Waals surface area contributed by atoms with E-state index in [-0.39, 0.29) is 29.1 Å². The van der Waals surface area contributed by atoms with Crippen LogP contribution in [0.5, 0.6) is 5.75 Å². The molecule has 20 heavy (non-hydrogen) atoms. The molecule has 0 unspecified atom stereocenters. The number of benzene rings is 2. The summed E-state index contributed by atoms with van der Waals surface area (Å²) in [5.41, 5.74) is 0.458. The van der Waals surface area contributed by atoms with E-state index in [1.165, 1.54) is 31.4 Å². The Hall–Kier alpha value is -1.75. The molecule has 0 saturated heterocycles. The van der Waals surface area contributed by atoms with Crippen molar-refractivity contribution in [2.45, 2.75) is 6.42 Å². The van der Waals surface area contributed by atoms with Gasteiger partial charge >= 0.3 is 0 Å². The van der Waals surface area contributed by atoms with Gasteiger partial charge in [0.25, 0.3) is 0 Å². The molecule has 2 aromatic rings. The van der Waals surface area contributed by atoms with Crippen molar-refractivity contribution in [1.82, 2.24) is 0 Å². The highest BCUT2D eigenvalue weighted by atomic mass is 79.9. The predicted molar refractivity (Wildman–Crippen MR) is 75.1 cm³/mol. The number of carbonyl (C=O) groups is 1. The van der Waals surface area contributed by atoms with E-state index < -0.39 is 11.6 Å². The summed E-state index contributed by atoms with van der Waals surface area (Å²) in [4.78, 5) is 12.0. The van der Waals surface area contributed by atoms with E-state index in [0.29, 0.717) is 4.47 Å². The topological polar surface area (TPSA) is 26.3 Å². The lowest BCUT2D eigenvalue weighted by molar-refractivity contribution is 0.0991. The summed E-state index contributed by atoms with van der Waals surface area (Å²) < 4.78 is 32.6. The van der Waals surface area contributed by atoms with Crippen LogP contribution in [0.3, 0.4) is 0 Å². The highest BCUT2D eigenvalue weighted by Gasteiger charge is 2.13. The van der Waals surface area contributed by atoms with Gasteiger partial charge < -0.3 is 4.74 Å². The van der Waals surface area contributed by atoms with Crippen molar-refractivity contribution in [3.63, 3.8) is 0 Å². The van der Waals surface area contributed by atoms with E-state index in [2.05, 4.69) is 15.9 Å². The number of ether oxygens (including phenoxy) is 1. The highest BCUT2D eigenvalue weighted by Crippen LogP contribution is 2.20. The Labute approximate surface area is 123 Å². The molecule has 5 heteroatoms. The van der Waals surface area contributed by atoms with E-state index in [0.717, 1.165) is 6.07 Å². The average molecular weight is 341 g/mol. The Bertz CT molecular complexity index is 656. The van der Waals surface area contributed by atoms with E-state index >= 15 is 0 Å². The molecule has 0 radical (unpaired) electrons. The van der Waals surface area contributed by atoms with Crippen molar-refractivity contribution in [3.05, 3.63) is 63.6 Å². The van der Waals surface area contributed by atoms with Gasteiger partial charge in [-0.2, -0.15) is 0 Å². The Morgan fingerprint density at radius 2 is 1.90 bits per heavy atom. The first kappa shape index (κ1) is 14.7. The van der Waals surface area contributed by atoms with Crippen molar-refractivity contribution >= 4 is 21.7 Å². The summed E-state index contributed by atoms with van der Waals surface area (Å²) in [6, 6.07) is 8.40. The van der Waals surface area contributed by atoms with Crippen LogP contribution in [0.2, 0.25) is 0 Å². The minimum Gasteiger partial charge on any atom is -0.494 e. The van der Waals surface area contributed by atoms with Crippen LogP contribution in [0.4, 0.5) is 8.78 Å². The molecule has 0 aliphatic rings. The maximum atomic E-state index is 13.6. The number of carbonyl (C=O) groups excluding carboxylic acids is 1. The van der Waals surface area contributed by atoms with Crippen LogP contribution in [0.1, 0.15) is 15.9 Å². The minimum atomic E-state index is -0.616. The lowest BCUT2D eigenvalue weighted by Gasteiger charge is -2.06. The van der Waals surface area contributed by atoms with E-state index in [1.807, 2.05) is 0 Å². The highest BCUT2D eigenvalue weighted by molar-refractivity contribution is 9.10. The van der Waals surface area contributed by atoms with Crippen molar-refractivity contribution in [2.24, 2.45) is 0 Å². The minimum absolute atomic E-state index is 0.0661. The first-order valence-corrected chi connectivity index (χ1v) is 6.61. The summed E-state index contributed by atoms with van der Waals surface area (Å²) in [5.74, 6) is -1.37. The van der Waals surface area contributed by atoms with E-state index in [9.17, 15) is 13.6 Å². The van der Waals surface area contributed by atoms with Crippen molar-refractivity contribution in [2.75, 3.05) is 7.11 Å². The van der Waals surface area contributed by atoms with Gasteiger partial charge in [-0.3, -0.25) is 4.79 Å². The predicted octanol–water partition coefficient (Wildman–Crippen LogP) is 4.16. The Balaban J connectivity index is 2.21. The van der Waals surface area contributed by atoms with Crippen LogP contribution in [0, 0.1) is 11.6 Å². The SMILES string of the molecule is COc1ccc(C(=O)Cc2ccc(Br)cc2F)cc1F. The van der Waals surface area contributed by atoms with Gasteiger partial charge in [0.15, 0.2) is 17.3 Å². The smallest absolute Gasteiger partial charge is 0.167 e. The summed E-state index contributed by atoms with van der Waals surface area (Å²) in [6.45, 7) is 0. The molecule has 0 aromatic heterocycles. The van der Waals surface area contributed by atoms with Gasteiger partial charge in [0.1, 0.15) is 5.82 Å². The molecule has 0 saturated carbocycles. The molecule has 0 N–H and O–H groups in total. The lowest BCUT2D eigenvalue weighted by Crippen LogP contribution is -2.06. The summed E-state index contributed by atoms with van der Waals surface area (Å²) >= 11 is 3.14. The number of rotatable bonds is 4. The van der Waals surface area contributed by atoms with Gasteiger partial charge in [-0.05, 0) is 35.9 Å². The third-order valence-electron chi connectivity index (χ3n) is 2.84. The number of ketones is 1. The van der Waals surface area contributed by atoms with Gasteiger partial charge in [0.2, 0.25) is 0 Å². The Morgan fingerprint density at radius 3 is 2.50 bits per heavy atom. The van der Waals surface area contributed by atoms with E-state index in [1.54, 1.807) is 6.07 Å². The maximum Gasteiger partial charge on any atom is 0.167 e. The molecule has 0 fully saturated rings. The zero-order chi connectivity index (χ0) is 14.7. The van der Waals surface area contributed by atoms with Crippen LogP contribution in [0.25, 0.3) is 0 Å². The summed E-state index contributed by atoms with van der Waals surface area (Å²) in [7, 11) is 1.34. The molecule has 0 aliphatic carbocycles. The standard InChI is InChI=1S/C15H11BrF2O2/c1-20-15-5-3-10(6-13(15)18)14(19)7-9-2-4-11(16)8-12(9)17/h2-6,8H,7H2,1H3. The molecule has 0 spiro atoms. The molecule has 0 atom stereocenters. The second-order valence-corrected chi connectivity index (χ2v) is 5.10. The molecule has 0 bridgehead atoms. The zero-order valence-electron chi connectivity index (χ0n) is 10.6. The van der Waals surface area contributed by atoms with Gasteiger partial charge in [-0.1, -0.05) is 22.0 Å². The molecular weight excluding hydrogens is 330 g/mol. The average Bonchev–Trinajstić information content (AvgIpc) is 2.41. The molecule has 2 rings (SSSR count). The van der Waals surface area contributed by atoms with Crippen molar-refractivity contribution in [3.8, 4) is 5.75 Å². The fourth-order valence-corrected chi connectivity index (χ4v) is 2.11. The molecule has 2 aromatic carbocycles. The summed E-state index contributed by atoms with van der Waals surface area (Å²) in [5, 5.41) is 0. The maximum absolute atomic E-state index is 13.6. The van der Waals surface area contributed by atoms with Gasteiger partial charge in [-0.15, -0.1) is 0 Å². The van der Waals surface area contributed by atoms with Crippen LogP contribution >= 0.6 is 15.9 Å². The first-order valence-electron chi connectivity index (χ1n) is 5.82. The quantitative estimate of drug-likeness (QED) is 0.781. The first-order chi connectivity index (χ1) is 9.51. The number of hydrogen-bond acceptors (Lipinski definition) is 2. The van der Waals surface area contributed by atoms with Crippen LogP contribution in [-0.2, 0) is 6.42 Å². The lowest BCUT2D eigenvalue weighted by atomic mass is 10.0. The fraction of sp³-hybridized carbons (Fsp3) is 0.133. The van der Waals surface area contributed by atoms with Crippen molar-refractivity contribution < 1.29 is 18.3 Å². The molecule has 0 heterocycles. The summed E-state index contributed by atoms with van der Waals surface area (Å²) in [6.07, 6.45) is -0.120. The van der Waals surface area contributed by atoms with Gasteiger partial charge in [0, 0.05) is 16.5 Å². The third-order valence-corrected chi connectivity index (χ3v) is 3.33. The number of methoxy groups -OCH3 is 1. The molecule has 0 aliphatic heterocycles.